The predicted molar refractivity (Wildman–Crippen MR) is 185 cm³/mol. The van der Waals surface area contributed by atoms with E-state index in [1.54, 1.807) is 5.57 Å². The fraction of sp³-hybridized carbons (Fsp3) is 0.581. The third kappa shape index (κ3) is 3.51. The van der Waals surface area contributed by atoms with Crippen molar-refractivity contribution in [3.05, 3.63) is 100 Å². The number of benzene rings is 1. The fourth-order valence-corrected chi connectivity index (χ4v) is 13.3. The quantitative estimate of drug-likeness (QED) is 0.315. The Morgan fingerprint density at radius 3 is 2.05 bits per heavy atom. The van der Waals surface area contributed by atoms with Crippen molar-refractivity contribution >= 4 is 5.57 Å². The number of allylic oxidation sites excluding steroid dienone is 8. The molecule has 0 saturated heterocycles. The Morgan fingerprint density at radius 1 is 0.907 bits per heavy atom. The summed E-state index contributed by atoms with van der Waals surface area (Å²) in [4.78, 5) is 0. The van der Waals surface area contributed by atoms with Gasteiger partial charge in [-0.25, -0.2) is 0 Å². The first kappa shape index (κ1) is 29.4. The lowest BCUT2D eigenvalue weighted by Gasteiger charge is -2.68. The van der Waals surface area contributed by atoms with Crippen LogP contribution in [0.25, 0.3) is 5.57 Å². The largest absolute Gasteiger partial charge is 0.0993 e. The molecule has 228 valence electrons. The molecule has 0 radical (unpaired) electrons. The van der Waals surface area contributed by atoms with Crippen LogP contribution in [0.4, 0.5) is 0 Å². The van der Waals surface area contributed by atoms with Gasteiger partial charge in [-0.2, -0.15) is 0 Å². The van der Waals surface area contributed by atoms with E-state index in [0.717, 1.165) is 36.2 Å². The second-order valence-corrected chi connectivity index (χ2v) is 17.2. The van der Waals surface area contributed by atoms with E-state index in [1.165, 1.54) is 88.7 Å². The number of hydrogen-bond donors (Lipinski definition) is 0. The molecule has 7 aliphatic rings. The second-order valence-electron chi connectivity index (χ2n) is 17.2. The molecule has 7 aliphatic carbocycles. The number of aryl methyl sites for hydroxylation is 1. The maximum Gasteiger partial charge on any atom is 0.0197 e. The summed E-state index contributed by atoms with van der Waals surface area (Å²) < 4.78 is 0. The highest BCUT2D eigenvalue weighted by atomic mass is 14.7. The van der Waals surface area contributed by atoms with Gasteiger partial charge in [0.1, 0.15) is 0 Å². The Hall–Kier alpha value is -2.34. The lowest BCUT2D eigenvalue weighted by atomic mass is 9.35. The lowest BCUT2D eigenvalue weighted by molar-refractivity contribution is -0.0569. The average Bonchev–Trinajstić information content (AvgIpc) is 2.91. The van der Waals surface area contributed by atoms with E-state index in [4.69, 9.17) is 19.7 Å². The standard InChI is InChI=1S/C43H56/c1-24(2)37-26(4)20-40(10)36(16-27(5)43-21-32-17-33(22-43)19-34(18-32)23-43)41(11)29(7)35-15-13-14-25(3)38(35)28(6)39(41)31(9)42(40,12)30(37)8/h13-15,29,32-34,36H,1,5-6,8,16-23H2,2-4,7,9-12H3/t29-,32?,33?,34?,36+,40+,41-,42-,43?/m1/s1. The Labute approximate surface area is 263 Å². The van der Waals surface area contributed by atoms with Crippen molar-refractivity contribution in [1.82, 2.24) is 0 Å². The third-order valence-corrected chi connectivity index (χ3v) is 15.2. The van der Waals surface area contributed by atoms with Crippen LogP contribution in [0.15, 0.2) is 83.5 Å². The van der Waals surface area contributed by atoms with Gasteiger partial charge in [-0.1, -0.05) is 94.5 Å². The van der Waals surface area contributed by atoms with E-state index in [-0.39, 0.29) is 16.2 Å². The molecular formula is C43H56. The molecule has 1 aromatic rings. The molecule has 8 rings (SSSR count). The maximum atomic E-state index is 5.11. The van der Waals surface area contributed by atoms with E-state index in [1.807, 2.05) is 0 Å². The van der Waals surface area contributed by atoms with Gasteiger partial charge >= 0.3 is 0 Å². The first-order valence-corrected chi connectivity index (χ1v) is 17.3. The molecule has 5 atom stereocenters. The van der Waals surface area contributed by atoms with Gasteiger partial charge < -0.3 is 0 Å². The maximum absolute atomic E-state index is 5.11. The first-order valence-electron chi connectivity index (χ1n) is 17.3. The Kier molecular flexibility index (Phi) is 6.22. The summed E-state index contributed by atoms with van der Waals surface area (Å²) in [5.41, 5.74) is 15.5. The van der Waals surface area contributed by atoms with Crippen molar-refractivity contribution in [2.75, 3.05) is 0 Å². The highest BCUT2D eigenvalue weighted by Gasteiger charge is 2.67. The Morgan fingerprint density at radius 2 is 1.49 bits per heavy atom. The molecule has 4 fully saturated rings. The fourth-order valence-electron chi connectivity index (χ4n) is 13.3. The summed E-state index contributed by atoms with van der Waals surface area (Å²) in [5.74, 6) is 3.63. The summed E-state index contributed by atoms with van der Waals surface area (Å²) >= 11 is 0. The summed E-state index contributed by atoms with van der Waals surface area (Å²) in [5, 5.41) is 0. The van der Waals surface area contributed by atoms with E-state index in [2.05, 4.69) is 80.2 Å². The molecule has 0 unspecified atom stereocenters. The molecular weight excluding hydrogens is 516 g/mol. The molecule has 0 heterocycles. The van der Waals surface area contributed by atoms with Gasteiger partial charge in [0.2, 0.25) is 0 Å². The van der Waals surface area contributed by atoms with Crippen LogP contribution in [0.2, 0.25) is 0 Å². The lowest BCUT2D eigenvalue weighted by Crippen LogP contribution is -2.60. The van der Waals surface area contributed by atoms with Crippen molar-refractivity contribution in [3.63, 3.8) is 0 Å². The van der Waals surface area contributed by atoms with Crippen LogP contribution >= 0.6 is 0 Å². The zero-order valence-electron chi connectivity index (χ0n) is 28.6. The number of fused-ring (bicyclic) bond motifs is 3. The second kappa shape index (κ2) is 9.11. The van der Waals surface area contributed by atoms with Gasteiger partial charge in [0.15, 0.2) is 0 Å². The molecule has 0 heteroatoms. The Balaban J connectivity index is 1.46. The molecule has 43 heavy (non-hydrogen) atoms. The highest BCUT2D eigenvalue weighted by Crippen LogP contribution is 2.76. The Bertz CT molecular complexity index is 1530. The van der Waals surface area contributed by atoms with Crippen molar-refractivity contribution < 1.29 is 0 Å². The summed E-state index contributed by atoms with van der Waals surface area (Å²) in [7, 11) is 0. The van der Waals surface area contributed by atoms with Crippen LogP contribution in [0.3, 0.4) is 0 Å². The van der Waals surface area contributed by atoms with Gasteiger partial charge in [-0.3, -0.25) is 0 Å². The van der Waals surface area contributed by atoms with Crippen molar-refractivity contribution in [2.24, 2.45) is 45.3 Å². The highest BCUT2D eigenvalue weighted by molar-refractivity contribution is 5.87. The summed E-state index contributed by atoms with van der Waals surface area (Å²) in [6, 6.07) is 6.96. The van der Waals surface area contributed by atoms with Crippen LogP contribution in [0.1, 0.15) is 122 Å². The van der Waals surface area contributed by atoms with E-state index < -0.39 is 0 Å². The van der Waals surface area contributed by atoms with Gasteiger partial charge in [-0.15, -0.1) is 0 Å². The minimum Gasteiger partial charge on any atom is -0.0993 e. The van der Waals surface area contributed by atoms with E-state index >= 15 is 0 Å². The smallest absolute Gasteiger partial charge is 0.0197 e. The minimum atomic E-state index is -0.176. The van der Waals surface area contributed by atoms with Crippen LogP contribution in [0.5, 0.6) is 0 Å². The number of rotatable bonds is 4. The zero-order chi connectivity index (χ0) is 31.0. The SMILES string of the molecule is C=C(C)C1=C(C)C[C@@]2(C)[C@H](CC(=C)C34CC5CC(CC(C5)C3)C4)[C@]3(C)C(=C(C)[C@@]2(C)C1=C)C(=C)c1c(C)cccc1[C@H]3C. The van der Waals surface area contributed by atoms with Gasteiger partial charge in [0.25, 0.3) is 0 Å². The molecule has 4 bridgehead atoms. The van der Waals surface area contributed by atoms with Crippen LogP contribution in [-0.2, 0) is 0 Å². The van der Waals surface area contributed by atoms with Gasteiger partial charge in [0.05, 0.1) is 0 Å². The van der Waals surface area contributed by atoms with Crippen molar-refractivity contribution in [3.8, 4) is 0 Å². The molecule has 0 nitrogen and oxygen atoms in total. The third-order valence-electron chi connectivity index (χ3n) is 15.2. The van der Waals surface area contributed by atoms with E-state index in [9.17, 15) is 0 Å². The van der Waals surface area contributed by atoms with E-state index in [0.29, 0.717) is 17.3 Å². The topological polar surface area (TPSA) is 0 Å². The van der Waals surface area contributed by atoms with Crippen LogP contribution in [0, 0.1) is 52.3 Å². The molecule has 0 N–H and O–H groups in total. The number of hydrogen-bond acceptors (Lipinski definition) is 0. The molecule has 4 saturated carbocycles. The first-order chi connectivity index (χ1) is 20.1. The van der Waals surface area contributed by atoms with Gasteiger partial charge in [0, 0.05) is 10.8 Å². The monoisotopic (exact) mass is 572 g/mol. The minimum absolute atomic E-state index is 0.0105. The summed E-state index contributed by atoms with van der Waals surface area (Å²) in [6.07, 6.45) is 10.8. The molecule has 0 aromatic heterocycles. The molecule has 0 spiro atoms. The average molecular weight is 573 g/mol. The molecule has 0 aliphatic heterocycles. The predicted octanol–water partition coefficient (Wildman–Crippen LogP) is 12.1. The van der Waals surface area contributed by atoms with Crippen molar-refractivity contribution in [1.29, 1.82) is 0 Å². The molecule has 1 aromatic carbocycles. The zero-order valence-corrected chi connectivity index (χ0v) is 28.6. The van der Waals surface area contributed by atoms with Crippen molar-refractivity contribution in [2.45, 2.75) is 113 Å². The molecule has 0 amide bonds. The van der Waals surface area contributed by atoms with Crippen LogP contribution in [-0.4, -0.2) is 0 Å². The normalized spacial score (nSPS) is 43.0. The summed E-state index contributed by atoms with van der Waals surface area (Å²) in [6.45, 7) is 39.1. The van der Waals surface area contributed by atoms with Crippen LogP contribution < -0.4 is 0 Å². The van der Waals surface area contributed by atoms with Gasteiger partial charge in [-0.05, 0) is 158 Å².